The van der Waals surface area contributed by atoms with E-state index in [2.05, 4.69) is 30.4 Å². The smallest absolute Gasteiger partial charge is 0.241 e. The minimum absolute atomic E-state index is 0.0631. The van der Waals surface area contributed by atoms with Gasteiger partial charge in [-0.3, -0.25) is 9.89 Å². The minimum Gasteiger partial charge on any atom is -0.378 e. The number of rotatable bonds is 5. The molecule has 2 N–H and O–H groups in total. The van der Waals surface area contributed by atoms with E-state index < -0.39 is 0 Å². The number of aromatic nitrogens is 5. The Kier molecular flexibility index (Phi) is 5.02. The van der Waals surface area contributed by atoms with E-state index in [1.165, 1.54) is 4.90 Å². The Morgan fingerprint density at radius 3 is 2.86 bits per heavy atom. The summed E-state index contributed by atoms with van der Waals surface area (Å²) in [5, 5.41) is 11.0. The maximum atomic E-state index is 12.0. The molecule has 0 aliphatic carbocycles. The molecule has 2 aromatic heterocycles. The van der Waals surface area contributed by atoms with Gasteiger partial charge in [-0.15, -0.1) is 0 Å². The van der Waals surface area contributed by atoms with Gasteiger partial charge < -0.3 is 19.9 Å². The number of amides is 1. The number of aromatic amines is 1. The van der Waals surface area contributed by atoms with E-state index in [9.17, 15) is 4.79 Å². The van der Waals surface area contributed by atoms with Gasteiger partial charge in [0.05, 0.1) is 31.5 Å². The number of fused-ring (bicyclic) bond motifs is 1. The van der Waals surface area contributed by atoms with Crippen molar-refractivity contribution in [3.05, 3.63) is 24.4 Å². The zero-order chi connectivity index (χ0) is 19.5. The van der Waals surface area contributed by atoms with Crippen LogP contribution in [0.2, 0.25) is 0 Å². The molecule has 1 saturated heterocycles. The summed E-state index contributed by atoms with van der Waals surface area (Å²) in [6.45, 7) is 2.76. The lowest BCUT2D eigenvalue weighted by molar-refractivity contribution is -0.126. The first kappa shape index (κ1) is 18.1. The van der Waals surface area contributed by atoms with Crippen LogP contribution in [0.5, 0.6) is 0 Å². The number of carbonyl (C=O) groups excluding carboxylic acids is 1. The van der Waals surface area contributed by atoms with E-state index >= 15 is 0 Å². The van der Waals surface area contributed by atoms with E-state index in [1.807, 2.05) is 18.2 Å². The van der Waals surface area contributed by atoms with Gasteiger partial charge in [0.2, 0.25) is 17.8 Å². The quantitative estimate of drug-likeness (QED) is 0.665. The molecule has 0 saturated carbocycles. The molecule has 0 unspecified atom stereocenters. The van der Waals surface area contributed by atoms with Gasteiger partial charge in [0.1, 0.15) is 0 Å². The van der Waals surface area contributed by atoms with Crippen molar-refractivity contribution in [1.29, 1.82) is 0 Å². The third-order valence-corrected chi connectivity index (χ3v) is 4.54. The second-order valence-electron chi connectivity index (χ2n) is 6.66. The lowest BCUT2D eigenvalue weighted by Crippen LogP contribution is -2.37. The zero-order valence-corrected chi connectivity index (χ0v) is 15.8. The van der Waals surface area contributed by atoms with E-state index in [1.54, 1.807) is 20.3 Å². The summed E-state index contributed by atoms with van der Waals surface area (Å²) < 4.78 is 5.43. The van der Waals surface area contributed by atoms with Crippen molar-refractivity contribution in [2.75, 3.05) is 57.2 Å². The van der Waals surface area contributed by atoms with Crippen LogP contribution < -0.4 is 10.2 Å². The largest absolute Gasteiger partial charge is 0.378 e. The fourth-order valence-electron chi connectivity index (χ4n) is 2.94. The molecular weight excluding hydrogens is 360 g/mol. The Hall–Kier alpha value is -3.27. The summed E-state index contributed by atoms with van der Waals surface area (Å²) in [7, 11) is 3.42. The number of hydrogen-bond acceptors (Lipinski definition) is 8. The number of benzene rings is 1. The summed E-state index contributed by atoms with van der Waals surface area (Å²) in [6.07, 6.45) is 1.76. The Labute approximate surface area is 161 Å². The van der Waals surface area contributed by atoms with E-state index in [0.29, 0.717) is 44.0 Å². The lowest BCUT2D eigenvalue weighted by Gasteiger charge is -2.27. The second-order valence-corrected chi connectivity index (χ2v) is 6.66. The number of nitrogens with zero attached hydrogens (tertiary/aromatic N) is 6. The van der Waals surface area contributed by atoms with Gasteiger partial charge in [0.15, 0.2) is 5.82 Å². The third-order valence-electron chi connectivity index (χ3n) is 4.54. The van der Waals surface area contributed by atoms with Gasteiger partial charge in [-0.25, -0.2) is 0 Å². The van der Waals surface area contributed by atoms with Gasteiger partial charge >= 0.3 is 0 Å². The van der Waals surface area contributed by atoms with Gasteiger partial charge in [0, 0.05) is 38.1 Å². The molecule has 1 aliphatic heterocycles. The number of hydrogen-bond donors (Lipinski definition) is 2. The van der Waals surface area contributed by atoms with Crippen molar-refractivity contribution in [2.45, 2.75) is 0 Å². The highest BCUT2D eigenvalue weighted by atomic mass is 16.5. The standard InChI is InChI=1S/C18H22N8O2/c1-25(2)15(27)11-19-17-21-16(12-4-3-5-14-13(12)10-20-24-14)22-18(23-17)26-6-8-28-9-7-26/h3-5,10H,6-9,11H2,1-2H3,(H,20,24)(H,19,21,22,23). The SMILES string of the molecule is CN(C)C(=O)CNc1nc(-c2cccc3[nH]ncc23)nc(N2CCOCC2)n1. The molecule has 10 heteroatoms. The Bertz CT molecular complexity index is 981. The molecule has 4 rings (SSSR count). The molecule has 0 spiro atoms. The van der Waals surface area contributed by atoms with Gasteiger partial charge in [-0.1, -0.05) is 12.1 Å². The number of likely N-dealkylation sites (N-methyl/N-ethyl adjacent to an activating group) is 1. The van der Waals surface area contributed by atoms with Crippen LogP contribution in [0, 0.1) is 0 Å². The van der Waals surface area contributed by atoms with Gasteiger partial charge in [-0.05, 0) is 6.07 Å². The maximum absolute atomic E-state index is 12.0. The Balaban J connectivity index is 1.73. The molecule has 3 heterocycles. The maximum Gasteiger partial charge on any atom is 0.241 e. The zero-order valence-electron chi connectivity index (χ0n) is 15.8. The normalized spacial score (nSPS) is 14.3. The summed E-state index contributed by atoms with van der Waals surface area (Å²) in [4.78, 5) is 29.3. The van der Waals surface area contributed by atoms with Crippen molar-refractivity contribution >= 4 is 28.7 Å². The van der Waals surface area contributed by atoms with E-state index in [4.69, 9.17) is 9.72 Å². The molecule has 1 fully saturated rings. The summed E-state index contributed by atoms with van der Waals surface area (Å²) in [6, 6.07) is 5.83. The molecule has 28 heavy (non-hydrogen) atoms. The average Bonchev–Trinajstić information content (AvgIpc) is 3.21. The summed E-state index contributed by atoms with van der Waals surface area (Å²) in [5.74, 6) is 1.39. The van der Waals surface area contributed by atoms with E-state index in [0.717, 1.165) is 16.5 Å². The predicted molar refractivity (Wildman–Crippen MR) is 105 cm³/mol. The molecule has 1 amide bonds. The Morgan fingerprint density at radius 2 is 2.07 bits per heavy atom. The first-order valence-corrected chi connectivity index (χ1v) is 9.07. The second kappa shape index (κ2) is 7.77. The molecule has 3 aromatic rings. The van der Waals surface area contributed by atoms with Crippen LogP contribution in [-0.4, -0.2) is 82.9 Å². The van der Waals surface area contributed by atoms with Crippen molar-refractivity contribution in [3.63, 3.8) is 0 Å². The first-order valence-electron chi connectivity index (χ1n) is 9.07. The number of carbonyl (C=O) groups is 1. The molecule has 0 radical (unpaired) electrons. The van der Waals surface area contributed by atoms with Crippen LogP contribution in [-0.2, 0) is 9.53 Å². The summed E-state index contributed by atoms with van der Waals surface area (Å²) >= 11 is 0. The van der Waals surface area contributed by atoms with Crippen LogP contribution in [0.4, 0.5) is 11.9 Å². The fraction of sp³-hybridized carbons (Fsp3) is 0.389. The molecule has 1 aliphatic rings. The number of morpholine rings is 1. The summed E-state index contributed by atoms with van der Waals surface area (Å²) in [5.41, 5.74) is 1.76. The van der Waals surface area contributed by atoms with Crippen molar-refractivity contribution in [1.82, 2.24) is 30.0 Å². The van der Waals surface area contributed by atoms with Crippen LogP contribution in [0.15, 0.2) is 24.4 Å². The van der Waals surface area contributed by atoms with Crippen molar-refractivity contribution < 1.29 is 9.53 Å². The van der Waals surface area contributed by atoms with Crippen molar-refractivity contribution in [2.24, 2.45) is 0 Å². The van der Waals surface area contributed by atoms with Gasteiger partial charge in [-0.2, -0.15) is 20.1 Å². The number of ether oxygens (including phenoxy) is 1. The molecule has 10 nitrogen and oxygen atoms in total. The molecular formula is C18H22N8O2. The van der Waals surface area contributed by atoms with Crippen LogP contribution in [0.25, 0.3) is 22.3 Å². The van der Waals surface area contributed by atoms with Crippen LogP contribution >= 0.6 is 0 Å². The van der Waals surface area contributed by atoms with Gasteiger partial charge in [0.25, 0.3) is 0 Å². The molecule has 1 aromatic carbocycles. The number of anilines is 2. The molecule has 0 bridgehead atoms. The van der Waals surface area contributed by atoms with Crippen LogP contribution in [0.3, 0.4) is 0 Å². The highest BCUT2D eigenvalue weighted by Gasteiger charge is 2.19. The lowest BCUT2D eigenvalue weighted by atomic mass is 10.1. The highest BCUT2D eigenvalue weighted by Crippen LogP contribution is 2.27. The topological polar surface area (TPSA) is 112 Å². The Morgan fingerprint density at radius 1 is 1.25 bits per heavy atom. The average molecular weight is 382 g/mol. The van der Waals surface area contributed by atoms with Crippen molar-refractivity contribution in [3.8, 4) is 11.4 Å². The fourth-order valence-corrected chi connectivity index (χ4v) is 2.94. The monoisotopic (exact) mass is 382 g/mol. The molecule has 146 valence electrons. The predicted octanol–water partition coefficient (Wildman–Crippen LogP) is 0.752. The number of nitrogens with one attached hydrogen (secondary N) is 2. The van der Waals surface area contributed by atoms with E-state index in [-0.39, 0.29) is 12.5 Å². The first-order chi connectivity index (χ1) is 13.6. The third kappa shape index (κ3) is 3.72. The number of H-pyrrole nitrogens is 1. The van der Waals surface area contributed by atoms with Crippen LogP contribution in [0.1, 0.15) is 0 Å². The minimum atomic E-state index is -0.0631. The highest BCUT2D eigenvalue weighted by molar-refractivity contribution is 5.92. The molecule has 0 atom stereocenters.